The topological polar surface area (TPSA) is 139 Å². The molecule has 1 unspecified atom stereocenters. The van der Waals surface area contributed by atoms with Crippen molar-refractivity contribution in [2.45, 2.75) is 105 Å². The van der Waals surface area contributed by atoms with Crippen molar-refractivity contribution in [1.29, 1.82) is 0 Å². The first-order valence-electron chi connectivity index (χ1n) is 21.8. The molecular weight excluding hydrogens is 723 g/mol. The fourth-order valence-electron chi connectivity index (χ4n) is 9.01. The summed E-state index contributed by atoms with van der Waals surface area (Å²) in [5.74, 6) is 1.34. The smallest absolute Gasteiger partial charge is 0.250 e. The number of anilines is 1. The van der Waals surface area contributed by atoms with Crippen molar-refractivity contribution in [3.63, 3.8) is 0 Å². The van der Waals surface area contributed by atoms with Gasteiger partial charge in [0.25, 0.3) is 5.91 Å². The zero-order chi connectivity index (χ0) is 40.7. The average Bonchev–Trinajstić information content (AvgIpc) is 3.88. The Bertz CT molecular complexity index is 1550. The highest BCUT2D eigenvalue weighted by atomic mass is 16.6. The third-order valence-electron chi connectivity index (χ3n) is 12.2. The number of carbonyl (C=O) groups excluding carboxylic acids is 2. The highest BCUT2D eigenvalue weighted by Gasteiger charge is 2.37. The van der Waals surface area contributed by atoms with Gasteiger partial charge < -0.3 is 39.6 Å². The van der Waals surface area contributed by atoms with Gasteiger partial charge in [-0.3, -0.25) is 9.59 Å². The maximum Gasteiger partial charge on any atom is 0.250 e. The number of hydrogen-bond acceptors (Lipinski definition) is 10. The lowest BCUT2D eigenvalue weighted by Gasteiger charge is -2.34. The third kappa shape index (κ3) is 14.1. The van der Waals surface area contributed by atoms with Crippen LogP contribution in [0.4, 0.5) is 5.69 Å². The lowest BCUT2D eigenvalue weighted by Crippen LogP contribution is -2.37. The van der Waals surface area contributed by atoms with E-state index in [1.807, 2.05) is 23.7 Å². The number of amides is 1. The molecule has 5 rings (SSSR count). The lowest BCUT2D eigenvalue weighted by molar-refractivity contribution is -0.0116. The lowest BCUT2D eigenvalue weighted by atomic mass is 9.75. The number of Topliss-reactive ketones (excluding diaryl/α,β-unsaturated/α-hetero) is 1. The number of nitrogens with zero attached hydrogens (tertiary/aromatic N) is 3. The molecule has 320 valence electrons. The normalized spacial score (nSPS) is 19.1. The first kappa shape index (κ1) is 45.2. The van der Waals surface area contributed by atoms with Crippen LogP contribution in [-0.4, -0.2) is 119 Å². The van der Waals surface area contributed by atoms with E-state index in [1.54, 1.807) is 6.07 Å². The van der Waals surface area contributed by atoms with Crippen LogP contribution in [0.1, 0.15) is 124 Å². The molecule has 2 aromatic rings. The molecule has 1 heterocycles. The molecule has 3 N–H and O–H groups in total. The van der Waals surface area contributed by atoms with Crippen LogP contribution in [0.5, 0.6) is 0 Å². The van der Waals surface area contributed by atoms with E-state index in [-0.39, 0.29) is 11.2 Å². The van der Waals surface area contributed by atoms with Crippen LogP contribution in [0.15, 0.2) is 18.2 Å². The van der Waals surface area contributed by atoms with Gasteiger partial charge in [0.05, 0.1) is 81.1 Å². The molecule has 0 radical (unpaired) electrons. The summed E-state index contributed by atoms with van der Waals surface area (Å²) >= 11 is 0. The molecule has 1 aromatic heterocycles. The van der Waals surface area contributed by atoms with Crippen molar-refractivity contribution in [3.05, 3.63) is 40.7 Å². The summed E-state index contributed by atoms with van der Waals surface area (Å²) < 4.78 is 30.4. The quantitative estimate of drug-likeness (QED) is 0.0907. The maximum atomic E-state index is 12.9. The molecular formula is C45H73N5O7. The molecule has 0 bridgehead atoms. The third-order valence-corrected chi connectivity index (χ3v) is 12.2. The number of aromatic nitrogens is 2. The Labute approximate surface area is 342 Å². The van der Waals surface area contributed by atoms with Crippen molar-refractivity contribution in [2.24, 2.45) is 28.4 Å². The number of carbonyl (C=O) groups is 2. The van der Waals surface area contributed by atoms with E-state index in [9.17, 15) is 9.59 Å². The Morgan fingerprint density at radius 2 is 1.46 bits per heavy atom. The van der Waals surface area contributed by atoms with Crippen LogP contribution in [-0.2, 0) is 30.1 Å². The minimum atomic E-state index is -0.510. The van der Waals surface area contributed by atoms with E-state index in [1.165, 1.54) is 58.0 Å². The van der Waals surface area contributed by atoms with Gasteiger partial charge in [-0.05, 0) is 92.7 Å². The summed E-state index contributed by atoms with van der Waals surface area (Å²) in [4.78, 5) is 27.8. The summed E-state index contributed by atoms with van der Waals surface area (Å²) in [6.07, 6.45) is 12.9. The predicted molar refractivity (Wildman–Crippen MR) is 225 cm³/mol. The Morgan fingerprint density at radius 1 is 0.842 bits per heavy atom. The van der Waals surface area contributed by atoms with E-state index >= 15 is 0 Å². The summed E-state index contributed by atoms with van der Waals surface area (Å²) in [5, 5.41) is 8.05. The fraction of sp³-hybridized carbons (Fsp3) is 0.756. The fourth-order valence-corrected chi connectivity index (χ4v) is 9.01. The van der Waals surface area contributed by atoms with E-state index in [0.717, 1.165) is 61.3 Å². The number of fused-ring (bicyclic) bond motifs is 1. The van der Waals surface area contributed by atoms with Crippen LogP contribution in [0.25, 0.3) is 5.69 Å². The molecule has 1 amide bonds. The molecule has 0 saturated heterocycles. The molecule has 3 aliphatic rings. The molecule has 2 saturated carbocycles. The summed E-state index contributed by atoms with van der Waals surface area (Å²) in [6, 6.07) is 5.41. The van der Waals surface area contributed by atoms with Gasteiger partial charge in [-0.2, -0.15) is 5.10 Å². The summed E-state index contributed by atoms with van der Waals surface area (Å²) in [5.41, 5.74) is 10.2. The van der Waals surface area contributed by atoms with Crippen molar-refractivity contribution in [1.82, 2.24) is 14.7 Å². The van der Waals surface area contributed by atoms with Gasteiger partial charge in [-0.25, -0.2) is 4.68 Å². The highest BCUT2D eigenvalue weighted by molar-refractivity contribution is 6.00. The first-order valence-corrected chi connectivity index (χ1v) is 21.8. The van der Waals surface area contributed by atoms with Crippen LogP contribution >= 0.6 is 0 Å². The summed E-state index contributed by atoms with van der Waals surface area (Å²) in [7, 11) is 0. The standard InChI is InChI=1S/C45H73N5O7/c1-34-42-40(30-44(2,3)31-41(42)51)50(48-34)37-14-15-38(43(46)52)39(29-37)47-17-9-19-53-21-23-55-25-27-57-28-26-56-24-22-54-20-10-18-49(32-35-11-6-7-12-35)33-36-13-8-16-45(36,4)5/h14-15,29,35-36,47H,6-13,16-28,30-33H2,1-5H3,(H2,46,52). The van der Waals surface area contributed by atoms with Gasteiger partial charge in [0.15, 0.2) is 5.78 Å². The van der Waals surface area contributed by atoms with E-state index in [4.69, 9.17) is 34.5 Å². The number of nitrogens with two attached hydrogens (primary N) is 1. The Balaban J connectivity index is 0.849. The zero-order valence-electron chi connectivity index (χ0n) is 35.8. The van der Waals surface area contributed by atoms with E-state index in [2.05, 4.69) is 37.9 Å². The maximum absolute atomic E-state index is 12.9. The molecule has 12 nitrogen and oxygen atoms in total. The molecule has 2 fully saturated rings. The van der Waals surface area contributed by atoms with Crippen molar-refractivity contribution in [2.75, 3.05) is 97.6 Å². The minimum Gasteiger partial charge on any atom is -0.384 e. The van der Waals surface area contributed by atoms with Gasteiger partial charge in [-0.1, -0.05) is 47.0 Å². The molecule has 0 spiro atoms. The Hall–Kier alpha value is -2.87. The number of aryl methyl sites for hydroxylation is 1. The highest BCUT2D eigenvalue weighted by Crippen LogP contribution is 2.43. The van der Waals surface area contributed by atoms with Crippen LogP contribution in [0.3, 0.4) is 0 Å². The van der Waals surface area contributed by atoms with Gasteiger partial charge in [0.2, 0.25) is 0 Å². The Kier molecular flexibility index (Phi) is 17.8. The van der Waals surface area contributed by atoms with Gasteiger partial charge in [0, 0.05) is 51.5 Å². The van der Waals surface area contributed by atoms with Gasteiger partial charge in [0.1, 0.15) is 0 Å². The first-order chi connectivity index (χ1) is 27.4. The molecule has 0 aliphatic heterocycles. The number of ether oxygens (including phenoxy) is 5. The number of primary amides is 1. The number of hydrogen-bond donors (Lipinski definition) is 2. The van der Waals surface area contributed by atoms with Crippen LogP contribution < -0.4 is 11.1 Å². The Morgan fingerprint density at radius 3 is 2.05 bits per heavy atom. The predicted octanol–water partition coefficient (Wildman–Crippen LogP) is 7.03. The second-order valence-electron chi connectivity index (χ2n) is 18.0. The molecule has 1 atom stereocenters. The van der Waals surface area contributed by atoms with Crippen LogP contribution in [0.2, 0.25) is 0 Å². The number of rotatable bonds is 27. The minimum absolute atomic E-state index is 0.128. The van der Waals surface area contributed by atoms with E-state index in [0.29, 0.717) is 94.7 Å². The zero-order valence-corrected chi connectivity index (χ0v) is 35.8. The van der Waals surface area contributed by atoms with Crippen molar-refractivity contribution < 1.29 is 33.3 Å². The van der Waals surface area contributed by atoms with Crippen molar-refractivity contribution in [3.8, 4) is 5.69 Å². The number of benzene rings is 1. The second-order valence-corrected chi connectivity index (χ2v) is 18.0. The van der Waals surface area contributed by atoms with Gasteiger partial charge >= 0.3 is 0 Å². The number of ketones is 1. The second kappa shape index (κ2) is 22.5. The molecule has 3 aliphatic carbocycles. The molecule has 12 heteroatoms. The van der Waals surface area contributed by atoms with Crippen molar-refractivity contribution >= 4 is 17.4 Å². The SMILES string of the molecule is Cc1nn(-c2ccc(C(N)=O)c(NCCCOCCOCCOCCOCCOCCCN(CC3CCCC3)CC3CCCC3(C)C)c2)c2c1C(=O)CC(C)(C)C2. The monoisotopic (exact) mass is 796 g/mol. The average molecular weight is 796 g/mol. The molecule has 1 aromatic carbocycles. The largest absolute Gasteiger partial charge is 0.384 e. The van der Waals surface area contributed by atoms with Crippen LogP contribution in [0, 0.1) is 29.6 Å². The van der Waals surface area contributed by atoms with E-state index < -0.39 is 5.91 Å². The number of nitrogens with one attached hydrogen (secondary N) is 1. The summed E-state index contributed by atoms with van der Waals surface area (Å²) in [6.45, 7) is 20.9. The van der Waals surface area contributed by atoms with Gasteiger partial charge in [-0.15, -0.1) is 0 Å². The molecule has 57 heavy (non-hydrogen) atoms.